The molecule has 1 aliphatic rings. The van der Waals surface area contributed by atoms with Crippen LogP contribution >= 0.6 is 0 Å². The fourth-order valence-corrected chi connectivity index (χ4v) is 5.90. The SMILES string of the molecule is CC(C)C[C@@H]1NC(=O)[C@H](C(C)C)N(C)C(=O)[C@@H](CC(C)C)NC(=O)[C@@H](Cc2ccccc2)NC(=O)[C@@H](Cc2ccccc2)NC1=O. The van der Waals surface area contributed by atoms with Crippen LogP contribution in [0, 0.1) is 17.8 Å². The van der Waals surface area contributed by atoms with E-state index in [1.807, 2.05) is 102 Å². The summed E-state index contributed by atoms with van der Waals surface area (Å²) < 4.78 is 0. The molecule has 46 heavy (non-hydrogen) atoms. The van der Waals surface area contributed by atoms with Gasteiger partial charge < -0.3 is 26.2 Å². The number of likely N-dealkylation sites (N-methyl/N-ethyl adjacent to an activating group) is 1. The monoisotopic (exact) mass is 633 g/mol. The minimum atomic E-state index is -1.03. The number of nitrogens with one attached hydrogen (secondary N) is 4. The molecule has 0 aliphatic carbocycles. The molecule has 1 fully saturated rings. The van der Waals surface area contributed by atoms with Crippen molar-refractivity contribution in [2.45, 2.75) is 97.4 Å². The van der Waals surface area contributed by atoms with Crippen molar-refractivity contribution in [3.05, 3.63) is 71.8 Å². The van der Waals surface area contributed by atoms with E-state index in [-0.39, 0.29) is 30.6 Å². The fourth-order valence-electron chi connectivity index (χ4n) is 5.90. The van der Waals surface area contributed by atoms with Crippen LogP contribution < -0.4 is 21.3 Å². The number of rotatable bonds is 9. The van der Waals surface area contributed by atoms with Gasteiger partial charge in [-0.15, -0.1) is 0 Å². The Labute approximate surface area is 273 Å². The Balaban J connectivity index is 2.12. The van der Waals surface area contributed by atoms with Crippen LogP contribution in [0.5, 0.6) is 0 Å². The quantitative estimate of drug-likeness (QED) is 0.337. The first-order valence-corrected chi connectivity index (χ1v) is 16.3. The van der Waals surface area contributed by atoms with Gasteiger partial charge in [-0.3, -0.25) is 24.0 Å². The van der Waals surface area contributed by atoms with Gasteiger partial charge in [0.05, 0.1) is 0 Å². The van der Waals surface area contributed by atoms with Gasteiger partial charge in [0.1, 0.15) is 30.2 Å². The first-order chi connectivity index (χ1) is 21.8. The molecule has 2 aromatic rings. The molecule has 4 N–H and O–H groups in total. The van der Waals surface area contributed by atoms with Crippen LogP contribution in [0.1, 0.15) is 65.5 Å². The molecule has 1 saturated heterocycles. The van der Waals surface area contributed by atoms with Gasteiger partial charge in [0.2, 0.25) is 29.5 Å². The van der Waals surface area contributed by atoms with Crippen molar-refractivity contribution >= 4 is 29.5 Å². The first-order valence-electron chi connectivity index (χ1n) is 16.3. The third-order valence-electron chi connectivity index (χ3n) is 8.16. The normalized spacial score (nSPS) is 23.8. The van der Waals surface area contributed by atoms with Gasteiger partial charge in [-0.25, -0.2) is 0 Å². The zero-order chi connectivity index (χ0) is 34.0. The van der Waals surface area contributed by atoms with Crippen LogP contribution in [0.15, 0.2) is 60.7 Å². The van der Waals surface area contributed by atoms with Gasteiger partial charge in [-0.05, 0) is 41.7 Å². The maximum Gasteiger partial charge on any atom is 0.245 e. The van der Waals surface area contributed by atoms with Gasteiger partial charge in [0.15, 0.2) is 0 Å². The third-order valence-corrected chi connectivity index (χ3v) is 8.16. The largest absolute Gasteiger partial charge is 0.342 e. The number of carbonyl (C=O) groups excluding carboxylic acids is 5. The second-order valence-electron chi connectivity index (χ2n) is 13.5. The lowest BCUT2D eigenvalue weighted by Gasteiger charge is -2.34. The van der Waals surface area contributed by atoms with Crippen molar-refractivity contribution in [1.82, 2.24) is 26.2 Å². The summed E-state index contributed by atoms with van der Waals surface area (Å²) in [5, 5.41) is 11.6. The van der Waals surface area contributed by atoms with E-state index in [2.05, 4.69) is 21.3 Å². The molecule has 0 aromatic heterocycles. The van der Waals surface area contributed by atoms with E-state index in [1.165, 1.54) is 4.90 Å². The predicted molar refractivity (Wildman–Crippen MR) is 178 cm³/mol. The molecular formula is C36H51N5O5. The summed E-state index contributed by atoms with van der Waals surface area (Å²) in [4.78, 5) is 71.0. The van der Waals surface area contributed by atoms with Gasteiger partial charge in [0.25, 0.3) is 0 Å². The Bertz CT molecular complexity index is 1330. The zero-order valence-electron chi connectivity index (χ0n) is 28.2. The molecule has 3 rings (SSSR count). The second-order valence-corrected chi connectivity index (χ2v) is 13.5. The van der Waals surface area contributed by atoms with Crippen LogP contribution in [0.25, 0.3) is 0 Å². The summed E-state index contributed by atoms with van der Waals surface area (Å²) >= 11 is 0. The van der Waals surface area contributed by atoms with Crippen molar-refractivity contribution in [3.63, 3.8) is 0 Å². The average molecular weight is 634 g/mol. The van der Waals surface area contributed by atoms with Crippen molar-refractivity contribution in [1.29, 1.82) is 0 Å². The highest BCUT2D eigenvalue weighted by molar-refractivity contribution is 5.98. The molecule has 10 heteroatoms. The lowest BCUT2D eigenvalue weighted by Crippen LogP contribution is -2.59. The molecule has 0 spiro atoms. The van der Waals surface area contributed by atoms with E-state index in [1.54, 1.807) is 7.05 Å². The lowest BCUT2D eigenvalue weighted by atomic mass is 9.96. The molecule has 10 nitrogen and oxygen atoms in total. The molecular weight excluding hydrogens is 582 g/mol. The van der Waals surface area contributed by atoms with Gasteiger partial charge in [0, 0.05) is 19.9 Å². The van der Waals surface area contributed by atoms with Crippen LogP contribution in [0.2, 0.25) is 0 Å². The summed E-state index contributed by atoms with van der Waals surface area (Å²) in [7, 11) is 1.56. The third kappa shape index (κ3) is 10.4. The molecule has 5 amide bonds. The highest BCUT2D eigenvalue weighted by atomic mass is 16.2. The topological polar surface area (TPSA) is 137 Å². The summed E-state index contributed by atoms with van der Waals surface area (Å²) in [5.41, 5.74) is 1.64. The summed E-state index contributed by atoms with van der Waals surface area (Å²) in [6.07, 6.45) is 1.01. The number of amides is 5. The number of carbonyl (C=O) groups is 5. The molecule has 0 radical (unpaired) electrons. The maximum absolute atomic E-state index is 14.0. The highest BCUT2D eigenvalue weighted by Crippen LogP contribution is 2.17. The standard InChI is InChI=1S/C36H51N5O5/c1-22(2)18-27-32(42)37-28(20-25-14-10-8-11-15-25)33(43)38-29(21-26-16-12-9-13-17-26)34(44)40-30(19-23(3)4)36(46)41(7)31(24(5)6)35(45)39-27/h8-17,22-24,27-31H,18-21H2,1-7H3,(H,37,42)(H,38,43)(H,39,45)(H,40,44)/t27-,28+,29+,30+,31-/m0/s1. The maximum atomic E-state index is 14.0. The van der Waals surface area contributed by atoms with E-state index < -0.39 is 59.7 Å². The van der Waals surface area contributed by atoms with Crippen LogP contribution in [-0.2, 0) is 36.8 Å². The van der Waals surface area contributed by atoms with Crippen molar-refractivity contribution in [2.24, 2.45) is 17.8 Å². The number of hydrogen-bond acceptors (Lipinski definition) is 5. The van der Waals surface area contributed by atoms with Crippen molar-refractivity contribution in [2.75, 3.05) is 7.05 Å². The molecule has 5 atom stereocenters. The van der Waals surface area contributed by atoms with Crippen LogP contribution in [0.4, 0.5) is 0 Å². The molecule has 1 aliphatic heterocycles. The summed E-state index contributed by atoms with van der Waals surface area (Å²) in [6.45, 7) is 11.5. The molecule has 1 heterocycles. The summed E-state index contributed by atoms with van der Waals surface area (Å²) in [5.74, 6) is -2.65. The lowest BCUT2D eigenvalue weighted by molar-refractivity contribution is -0.144. The Morgan fingerprint density at radius 1 is 0.543 bits per heavy atom. The number of nitrogens with zero attached hydrogens (tertiary/aromatic N) is 1. The molecule has 0 unspecified atom stereocenters. The zero-order valence-corrected chi connectivity index (χ0v) is 28.2. The van der Waals surface area contributed by atoms with Crippen molar-refractivity contribution in [3.8, 4) is 0 Å². The van der Waals surface area contributed by atoms with E-state index in [9.17, 15) is 24.0 Å². The predicted octanol–water partition coefficient (Wildman–Crippen LogP) is 3.00. The molecule has 2 aromatic carbocycles. The summed E-state index contributed by atoms with van der Waals surface area (Å²) in [6, 6.07) is 13.8. The highest BCUT2D eigenvalue weighted by Gasteiger charge is 2.38. The molecule has 0 bridgehead atoms. The average Bonchev–Trinajstić information content (AvgIpc) is 2.99. The minimum Gasteiger partial charge on any atom is -0.342 e. The van der Waals surface area contributed by atoms with E-state index in [0.29, 0.717) is 12.8 Å². The number of hydrogen-bond donors (Lipinski definition) is 4. The van der Waals surface area contributed by atoms with E-state index in [0.717, 1.165) is 11.1 Å². The van der Waals surface area contributed by atoms with Crippen LogP contribution in [0.3, 0.4) is 0 Å². The Kier molecular flexibility index (Phi) is 13.3. The van der Waals surface area contributed by atoms with Gasteiger partial charge in [-0.1, -0.05) is 102 Å². The second kappa shape index (κ2) is 16.9. The van der Waals surface area contributed by atoms with E-state index >= 15 is 0 Å². The van der Waals surface area contributed by atoms with Gasteiger partial charge >= 0.3 is 0 Å². The smallest absolute Gasteiger partial charge is 0.245 e. The van der Waals surface area contributed by atoms with Crippen LogP contribution in [-0.4, -0.2) is 71.7 Å². The Morgan fingerprint density at radius 2 is 0.913 bits per heavy atom. The van der Waals surface area contributed by atoms with Crippen molar-refractivity contribution < 1.29 is 24.0 Å². The minimum absolute atomic E-state index is 0.0453. The first kappa shape index (κ1) is 36.3. The van der Waals surface area contributed by atoms with E-state index in [4.69, 9.17) is 0 Å². The Morgan fingerprint density at radius 3 is 1.33 bits per heavy atom. The fraction of sp³-hybridized carbons (Fsp3) is 0.528. The number of benzene rings is 2. The Hall–Kier alpha value is -4.21. The molecule has 0 saturated carbocycles. The molecule has 250 valence electrons. The van der Waals surface area contributed by atoms with Gasteiger partial charge in [-0.2, -0.15) is 0 Å².